The van der Waals surface area contributed by atoms with Crippen LogP contribution in [0.1, 0.15) is 16.1 Å². The summed E-state index contributed by atoms with van der Waals surface area (Å²) in [5.41, 5.74) is 0.565. The maximum Gasteiger partial charge on any atom is 0.270 e. The maximum absolute atomic E-state index is 13.7. The van der Waals surface area contributed by atoms with E-state index in [0.717, 1.165) is 24.0 Å². The van der Waals surface area contributed by atoms with Crippen LogP contribution in [0, 0.1) is 17.5 Å². The molecule has 0 spiro atoms. The van der Waals surface area contributed by atoms with Gasteiger partial charge in [-0.2, -0.15) is 0 Å². The molecule has 2 N–H and O–H groups in total. The van der Waals surface area contributed by atoms with Gasteiger partial charge in [-0.3, -0.25) is 9.78 Å². The number of amides is 1. The standard InChI is InChI=1S/C17H12F3N5O/c18-11-1-2-12(16(20)15(11)19)25-14-7-13(23-9-24-14)17(26)22-8-10-3-5-21-6-4-10/h1-7,9H,8H2,(H,22,26)(H,23,24,25). The Morgan fingerprint density at radius 3 is 2.54 bits per heavy atom. The third-order valence-corrected chi connectivity index (χ3v) is 3.40. The van der Waals surface area contributed by atoms with Crippen LogP contribution in [0.5, 0.6) is 0 Å². The lowest BCUT2D eigenvalue weighted by atomic mass is 10.2. The van der Waals surface area contributed by atoms with E-state index in [1.54, 1.807) is 24.5 Å². The van der Waals surface area contributed by atoms with Gasteiger partial charge < -0.3 is 10.6 Å². The van der Waals surface area contributed by atoms with E-state index in [1.807, 2.05) is 0 Å². The van der Waals surface area contributed by atoms with Crippen LogP contribution in [-0.4, -0.2) is 20.9 Å². The van der Waals surface area contributed by atoms with E-state index >= 15 is 0 Å². The maximum atomic E-state index is 13.7. The van der Waals surface area contributed by atoms with Crippen molar-refractivity contribution in [3.63, 3.8) is 0 Å². The number of carbonyl (C=O) groups is 1. The van der Waals surface area contributed by atoms with Crippen LogP contribution in [0.4, 0.5) is 24.7 Å². The summed E-state index contributed by atoms with van der Waals surface area (Å²) in [6.45, 7) is 0.270. The number of halogens is 3. The number of rotatable bonds is 5. The number of pyridine rings is 1. The molecule has 0 bridgehead atoms. The van der Waals surface area contributed by atoms with E-state index in [9.17, 15) is 18.0 Å². The van der Waals surface area contributed by atoms with Gasteiger partial charge in [-0.05, 0) is 29.8 Å². The van der Waals surface area contributed by atoms with E-state index in [1.165, 1.54) is 6.07 Å². The molecule has 9 heteroatoms. The number of nitrogens with one attached hydrogen (secondary N) is 2. The monoisotopic (exact) mass is 359 g/mol. The first kappa shape index (κ1) is 17.3. The molecule has 6 nitrogen and oxygen atoms in total. The van der Waals surface area contributed by atoms with Gasteiger partial charge in [-0.1, -0.05) is 0 Å². The van der Waals surface area contributed by atoms with Crippen LogP contribution in [0.25, 0.3) is 0 Å². The summed E-state index contributed by atoms with van der Waals surface area (Å²) in [6.07, 6.45) is 4.30. The minimum absolute atomic E-state index is 0.0274. The topological polar surface area (TPSA) is 79.8 Å². The summed E-state index contributed by atoms with van der Waals surface area (Å²) < 4.78 is 39.9. The second-order valence-electron chi connectivity index (χ2n) is 5.17. The molecule has 2 heterocycles. The lowest BCUT2D eigenvalue weighted by molar-refractivity contribution is 0.0946. The predicted molar refractivity (Wildman–Crippen MR) is 87.0 cm³/mol. The molecule has 3 aromatic rings. The molecule has 0 saturated carbocycles. The van der Waals surface area contributed by atoms with Crippen molar-refractivity contribution in [2.45, 2.75) is 6.54 Å². The number of nitrogens with zero attached hydrogens (tertiary/aromatic N) is 3. The van der Waals surface area contributed by atoms with Crippen LogP contribution >= 0.6 is 0 Å². The molecule has 3 rings (SSSR count). The van der Waals surface area contributed by atoms with Gasteiger partial charge >= 0.3 is 0 Å². The van der Waals surface area contributed by atoms with E-state index in [2.05, 4.69) is 25.6 Å². The Kier molecular flexibility index (Phi) is 5.07. The fraction of sp³-hybridized carbons (Fsp3) is 0.0588. The minimum atomic E-state index is -1.60. The number of aromatic nitrogens is 3. The van der Waals surface area contributed by atoms with Gasteiger partial charge in [0.05, 0.1) is 5.69 Å². The zero-order valence-corrected chi connectivity index (χ0v) is 13.2. The van der Waals surface area contributed by atoms with Crippen LogP contribution in [0.15, 0.2) is 49.1 Å². The second-order valence-corrected chi connectivity index (χ2v) is 5.17. The fourth-order valence-electron chi connectivity index (χ4n) is 2.08. The SMILES string of the molecule is O=C(NCc1ccncc1)c1cc(Nc2ccc(F)c(F)c2F)ncn1. The van der Waals surface area contributed by atoms with Crippen LogP contribution < -0.4 is 10.6 Å². The Bertz CT molecular complexity index is 937. The highest BCUT2D eigenvalue weighted by atomic mass is 19.2. The number of hydrogen-bond acceptors (Lipinski definition) is 5. The van der Waals surface area contributed by atoms with E-state index < -0.39 is 23.4 Å². The third-order valence-electron chi connectivity index (χ3n) is 3.40. The molecule has 0 atom stereocenters. The largest absolute Gasteiger partial charge is 0.347 e. The van der Waals surface area contributed by atoms with Crippen molar-refractivity contribution < 1.29 is 18.0 Å². The van der Waals surface area contributed by atoms with Crippen molar-refractivity contribution in [2.24, 2.45) is 0 Å². The van der Waals surface area contributed by atoms with Crippen molar-refractivity contribution in [1.82, 2.24) is 20.3 Å². The smallest absolute Gasteiger partial charge is 0.270 e. The molecule has 132 valence electrons. The molecule has 0 fully saturated rings. The van der Waals surface area contributed by atoms with Gasteiger partial charge in [0.2, 0.25) is 0 Å². The Morgan fingerprint density at radius 1 is 1.00 bits per heavy atom. The van der Waals surface area contributed by atoms with Gasteiger partial charge in [-0.15, -0.1) is 0 Å². The van der Waals surface area contributed by atoms with Crippen LogP contribution in [-0.2, 0) is 6.54 Å². The molecule has 0 aliphatic carbocycles. The number of hydrogen-bond donors (Lipinski definition) is 2. The first-order chi connectivity index (χ1) is 12.5. The number of anilines is 2. The van der Waals surface area contributed by atoms with E-state index in [4.69, 9.17) is 0 Å². The first-order valence-corrected chi connectivity index (χ1v) is 7.44. The molecule has 0 aliphatic rings. The third kappa shape index (κ3) is 3.94. The van der Waals surface area contributed by atoms with Gasteiger partial charge in [0.15, 0.2) is 17.5 Å². The molecular weight excluding hydrogens is 347 g/mol. The normalized spacial score (nSPS) is 10.4. The molecule has 2 aromatic heterocycles. The summed E-state index contributed by atoms with van der Waals surface area (Å²) >= 11 is 0. The van der Waals surface area contributed by atoms with Crippen molar-refractivity contribution >= 4 is 17.4 Å². The fourth-order valence-corrected chi connectivity index (χ4v) is 2.08. The minimum Gasteiger partial charge on any atom is -0.347 e. The predicted octanol–water partition coefficient (Wildman–Crippen LogP) is 2.96. The summed E-state index contributed by atoms with van der Waals surface area (Å²) in [5, 5.41) is 5.15. The Balaban J connectivity index is 1.72. The van der Waals surface area contributed by atoms with Crippen molar-refractivity contribution in [3.8, 4) is 0 Å². The second kappa shape index (κ2) is 7.60. The molecule has 0 saturated heterocycles. The highest BCUT2D eigenvalue weighted by Gasteiger charge is 2.15. The quantitative estimate of drug-likeness (QED) is 0.685. The van der Waals surface area contributed by atoms with Crippen LogP contribution in [0.3, 0.4) is 0 Å². The lowest BCUT2D eigenvalue weighted by Gasteiger charge is -2.09. The Labute approximate surface area is 146 Å². The van der Waals surface area contributed by atoms with Crippen molar-refractivity contribution in [2.75, 3.05) is 5.32 Å². The Hall–Kier alpha value is -3.49. The highest BCUT2D eigenvalue weighted by molar-refractivity contribution is 5.92. The van der Waals surface area contributed by atoms with Crippen LogP contribution in [0.2, 0.25) is 0 Å². The van der Waals surface area contributed by atoms with Crippen molar-refractivity contribution in [3.05, 3.63) is 77.8 Å². The van der Waals surface area contributed by atoms with Gasteiger partial charge in [-0.25, -0.2) is 23.1 Å². The lowest BCUT2D eigenvalue weighted by Crippen LogP contribution is -2.24. The van der Waals surface area contributed by atoms with Gasteiger partial charge in [0.1, 0.15) is 17.8 Å². The summed E-state index contributed by atoms with van der Waals surface area (Å²) in [4.78, 5) is 23.7. The van der Waals surface area contributed by atoms with E-state index in [0.29, 0.717) is 0 Å². The molecular formula is C17H12F3N5O. The van der Waals surface area contributed by atoms with E-state index in [-0.39, 0.29) is 23.7 Å². The van der Waals surface area contributed by atoms with Gasteiger partial charge in [0, 0.05) is 25.0 Å². The zero-order valence-electron chi connectivity index (χ0n) is 13.2. The molecule has 1 amide bonds. The summed E-state index contributed by atoms with van der Waals surface area (Å²) in [5.74, 6) is -4.70. The number of benzene rings is 1. The number of carbonyl (C=O) groups excluding carboxylic acids is 1. The average Bonchev–Trinajstić information content (AvgIpc) is 2.67. The summed E-state index contributed by atoms with van der Waals surface area (Å²) in [6, 6.07) is 6.57. The average molecular weight is 359 g/mol. The summed E-state index contributed by atoms with van der Waals surface area (Å²) in [7, 11) is 0. The molecule has 0 radical (unpaired) electrons. The molecule has 1 aromatic carbocycles. The van der Waals surface area contributed by atoms with Crippen molar-refractivity contribution in [1.29, 1.82) is 0 Å². The van der Waals surface area contributed by atoms with Gasteiger partial charge in [0.25, 0.3) is 5.91 Å². The molecule has 26 heavy (non-hydrogen) atoms. The molecule has 0 aliphatic heterocycles. The Morgan fingerprint density at radius 2 is 1.77 bits per heavy atom. The highest BCUT2D eigenvalue weighted by Crippen LogP contribution is 2.22. The molecule has 0 unspecified atom stereocenters. The first-order valence-electron chi connectivity index (χ1n) is 7.44. The zero-order chi connectivity index (χ0) is 18.5.